The van der Waals surface area contributed by atoms with Crippen LogP contribution >= 0.6 is 24.0 Å². The molecule has 1 aromatic carbocycles. The quantitative estimate of drug-likeness (QED) is 0.850. The Kier molecular flexibility index (Phi) is 5.95. The molecule has 1 heterocycles. The van der Waals surface area contributed by atoms with Gasteiger partial charge in [0.1, 0.15) is 5.84 Å². The number of hydrogen-bond donors (Lipinski definition) is 0. The third-order valence-corrected chi connectivity index (χ3v) is 3.85. The zero-order valence-corrected chi connectivity index (χ0v) is 13.3. The smallest absolute Gasteiger partial charge is 0.119 e. The Morgan fingerprint density at radius 3 is 2.84 bits per heavy atom. The Morgan fingerprint density at radius 1 is 1.42 bits per heavy atom. The lowest BCUT2D eigenvalue weighted by Crippen LogP contribution is -2.36. The number of amidine groups is 1. The average molecular weight is 302 g/mol. The molecule has 0 N–H and O–H groups in total. The maximum atomic E-state index is 6.16. The van der Waals surface area contributed by atoms with Gasteiger partial charge in [0.25, 0.3) is 0 Å². The molecule has 0 radical (unpaired) electrons. The van der Waals surface area contributed by atoms with E-state index in [1.807, 2.05) is 12.1 Å². The van der Waals surface area contributed by atoms with Crippen LogP contribution in [0.3, 0.4) is 0 Å². The summed E-state index contributed by atoms with van der Waals surface area (Å²) in [5.41, 5.74) is 2.30. The minimum atomic E-state index is 0. The maximum absolute atomic E-state index is 6.16. The van der Waals surface area contributed by atoms with E-state index in [1.165, 1.54) is 11.5 Å². The summed E-state index contributed by atoms with van der Waals surface area (Å²) in [6, 6.07) is 6.03. The van der Waals surface area contributed by atoms with Crippen molar-refractivity contribution in [3.63, 3.8) is 0 Å². The molecule has 0 aromatic heterocycles. The molecular formula is C14H21Cl2N3. The van der Waals surface area contributed by atoms with Gasteiger partial charge in [0.05, 0.1) is 13.1 Å². The van der Waals surface area contributed by atoms with Gasteiger partial charge in [-0.25, -0.2) is 0 Å². The summed E-state index contributed by atoms with van der Waals surface area (Å²) >= 11 is 6.16. The Hall–Kier alpha value is -0.930. The molecule has 0 bridgehead atoms. The Bertz CT molecular complexity index is 460. The summed E-state index contributed by atoms with van der Waals surface area (Å²) in [5, 5.41) is 0.819. The van der Waals surface area contributed by atoms with Crippen molar-refractivity contribution in [2.75, 3.05) is 38.1 Å². The lowest BCUT2D eigenvalue weighted by atomic mass is 10.2. The zero-order valence-electron chi connectivity index (χ0n) is 11.7. The van der Waals surface area contributed by atoms with Crippen LogP contribution in [-0.4, -0.2) is 44.0 Å². The molecule has 0 amide bonds. The molecule has 2 rings (SSSR count). The van der Waals surface area contributed by atoms with Crippen LogP contribution in [0.1, 0.15) is 12.5 Å². The molecule has 1 aromatic rings. The highest BCUT2D eigenvalue weighted by Crippen LogP contribution is 2.25. The first kappa shape index (κ1) is 16.1. The normalized spacial score (nSPS) is 14.1. The van der Waals surface area contributed by atoms with E-state index in [1.54, 1.807) is 0 Å². The molecule has 0 saturated carbocycles. The van der Waals surface area contributed by atoms with E-state index in [2.05, 4.69) is 41.8 Å². The van der Waals surface area contributed by atoms with E-state index in [-0.39, 0.29) is 12.4 Å². The van der Waals surface area contributed by atoms with E-state index >= 15 is 0 Å². The van der Waals surface area contributed by atoms with Crippen molar-refractivity contribution in [2.45, 2.75) is 13.8 Å². The van der Waals surface area contributed by atoms with E-state index < -0.39 is 0 Å². The average Bonchev–Trinajstić information content (AvgIpc) is 2.79. The largest absolute Gasteiger partial charge is 0.367 e. The van der Waals surface area contributed by atoms with Gasteiger partial charge in [-0.15, -0.1) is 12.4 Å². The number of aliphatic imine (C=N–C) groups is 1. The summed E-state index contributed by atoms with van der Waals surface area (Å²) in [5.74, 6) is 1.18. The third kappa shape index (κ3) is 3.54. The van der Waals surface area contributed by atoms with Gasteiger partial charge in [-0.1, -0.05) is 17.7 Å². The number of hydrogen-bond acceptors (Lipinski definition) is 3. The minimum Gasteiger partial charge on any atom is -0.367 e. The minimum absolute atomic E-state index is 0. The van der Waals surface area contributed by atoms with E-state index in [0.717, 1.165) is 36.8 Å². The first-order chi connectivity index (χ1) is 8.63. The van der Waals surface area contributed by atoms with Crippen molar-refractivity contribution in [1.82, 2.24) is 4.90 Å². The molecular weight excluding hydrogens is 281 g/mol. The van der Waals surface area contributed by atoms with Crippen LogP contribution in [0.5, 0.6) is 0 Å². The molecule has 0 fully saturated rings. The maximum Gasteiger partial charge on any atom is 0.119 e. The van der Waals surface area contributed by atoms with Crippen molar-refractivity contribution in [3.05, 3.63) is 28.8 Å². The number of halogens is 2. The van der Waals surface area contributed by atoms with Crippen LogP contribution < -0.4 is 4.90 Å². The third-order valence-electron chi connectivity index (χ3n) is 3.44. The van der Waals surface area contributed by atoms with Gasteiger partial charge >= 0.3 is 0 Å². The van der Waals surface area contributed by atoms with E-state index in [4.69, 9.17) is 11.6 Å². The topological polar surface area (TPSA) is 18.8 Å². The summed E-state index contributed by atoms with van der Waals surface area (Å²) in [6.07, 6.45) is 0. The van der Waals surface area contributed by atoms with Crippen molar-refractivity contribution < 1.29 is 0 Å². The van der Waals surface area contributed by atoms with Crippen LogP contribution in [0.2, 0.25) is 5.02 Å². The highest BCUT2D eigenvalue weighted by molar-refractivity contribution is 6.31. The van der Waals surface area contributed by atoms with Crippen LogP contribution in [-0.2, 0) is 0 Å². The van der Waals surface area contributed by atoms with Gasteiger partial charge in [-0.05, 0) is 31.5 Å². The van der Waals surface area contributed by atoms with Crippen molar-refractivity contribution in [2.24, 2.45) is 4.99 Å². The predicted octanol–water partition coefficient (Wildman–Crippen LogP) is 3.24. The number of anilines is 1. The van der Waals surface area contributed by atoms with Gasteiger partial charge in [0.15, 0.2) is 0 Å². The second-order valence-corrected chi connectivity index (χ2v) is 5.02. The summed E-state index contributed by atoms with van der Waals surface area (Å²) in [6.45, 7) is 8.07. The Balaban J connectivity index is 0.00000180. The predicted molar refractivity (Wildman–Crippen MR) is 86.3 cm³/mol. The van der Waals surface area contributed by atoms with Gasteiger partial charge in [-0.2, -0.15) is 0 Å². The van der Waals surface area contributed by atoms with Gasteiger partial charge in [-0.3, -0.25) is 4.99 Å². The molecule has 0 spiro atoms. The molecule has 3 nitrogen and oxygen atoms in total. The second kappa shape index (κ2) is 7.01. The highest BCUT2D eigenvalue weighted by atomic mass is 35.5. The zero-order chi connectivity index (χ0) is 13.1. The number of benzene rings is 1. The molecule has 0 aliphatic carbocycles. The lowest BCUT2D eigenvalue weighted by Gasteiger charge is -2.26. The second-order valence-electron chi connectivity index (χ2n) is 4.62. The van der Waals surface area contributed by atoms with Crippen molar-refractivity contribution in [1.29, 1.82) is 0 Å². The molecule has 0 atom stereocenters. The highest BCUT2D eigenvalue weighted by Gasteiger charge is 2.17. The van der Waals surface area contributed by atoms with Gasteiger partial charge in [0.2, 0.25) is 0 Å². The summed E-state index contributed by atoms with van der Waals surface area (Å²) in [7, 11) is 2.09. The molecule has 19 heavy (non-hydrogen) atoms. The number of nitrogens with zero attached hydrogens (tertiary/aromatic N) is 3. The van der Waals surface area contributed by atoms with Crippen LogP contribution in [0.4, 0.5) is 5.69 Å². The molecule has 106 valence electrons. The number of rotatable bonds is 4. The first-order valence-corrected chi connectivity index (χ1v) is 6.75. The van der Waals surface area contributed by atoms with Crippen LogP contribution in [0, 0.1) is 6.92 Å². The molecule has 1 aliphatic rings. The van der Waals surface area contributed by atoms with Crippen molar-refractivity contribution >= 4 is 35.5 Å². The molecule has 0 unspecified atom stereocenters. The Morgan fingerprint density at radius 2 is 2.16 bits per heavy atom. The lowest BCUT2D eigenvalue weighted by molar-refractivity contribution is 0.477. The SMILES string of the molecule is CCN1CCN=C1CN(C)c1cccc(Cl)c1C.Cl. The van der Waals surface area contributed by atoms with Crippen molar-refractivity contribution in [3.8, 4) is 0 Å². The van der Waals surface area contributed by atoms with Crippen LogP contribution in [0.25, 0.3) is 0 Å². The van der Waals surface area contributed by atoms with E-state index in [0.29, 0.717) is 0 Å². The summed E-state index contributed by atoms with van der Waals surface area (Å²) < 4.78 is 0. The van der Waals surface area contributed by atoms with Crippen LogP contribution in [0.15, 0.2) is 23.2 Å². The fraction of sp³-hybridized carbons (Fsp3) is 0.500. The van der Waals surface area contributed by atoms with E-state index in [9.17, 15) is 0 Å². The Labute approximate surface area is 126 Å². The molecule has 1 aliphatic heterocycles. The van der Waals surface area contributed by atoms with Gasteiger partial charge < -0.3 is 9.80 Å². The fourth-order valence-electron chi connectivity index (χ4n) is 2.33. The monoisotopic (exact) mass is 301 g/mol. The number of likely N-dealkylation sites (N-methyl/N-ethyl adjacent to an activating group) is 2. The van der Waals surface area contributed by atoms with Gasteiger partial charge in [0, 0.05) is 30.8 Å². The standard InChI is InChI=1S/C14H20ClN3.ClH/c1-4-18-9-8-16-14(18)10-17(3)13-7-5-6-12(15)11(13)2;/h5-7H,4,8-10H2,1-3H3;1H. The molecule has 0 saturated heterocycles. The molecule has 5 heteroatoms. The first-order valence-electron chi connectivity index (χ1n) is 6.38. The summed E-state index contributed by atoms with van der Waals surface area (Å²) in [4.78, 5) is 9.12. The fourth-order valence-corrected chi connectivity index (χ4v) is 2.50.